The van der Waals surface area contributed by atoms with E-state index in [2.05, 4.69) is 34.6 Å². The molecule has 3 N–H and O–H groups in total. The maximum atomic E-state index is 9.79. The van der Waals surface area contributed by atoms with E-state index in [1.807, 2.05) is 12.1 Å². The molecule has 1 atom stereocenters. The molecule has 0 bridgehead atoms. The Bertz CT molecular complexity index is 838. The Balaban J connectivity index is 1.85. The number of phenols is 1. The largest absolute Gasteiger partial charge is 0.504 e. The summed E-state index contributed by atoms with van der Waals surface area (Å²) in [5.74, 6) is 0.668. The van der Waals surface area contributed by atoms with Gasteiger partial charge in [0.15, 0.2) is 11.5 Å². The molecule has 4 heteroatoms. The fraction of sp³-hybridized carbons (Fsp3) is 0.222. The smallest absolute Gasteiger partial charge is 0.160 e. The third-order valence-electron chi connectivity index (χ3n) is 4.40. The number of hydrogen-bond donors (Lipinski definition) is 3. The van der Waals surface area contributed by atoms with Gasteiger partial charge in [-0.1, -0.05) is 24.3 Å². The molecule has 0 spiro atoms. The van der Waals surface area contributed by atoms with Crippen LogP contribution in [0.15, 0.2) is 42.5 Å². The first-order valence-electron chi connectivity index (χ1n) is 7.47. The summed E-state index contributed by atoms with van der Waals surface area (Å²) in [4.78, 5) is 3.55. The van der Waals surface area contributed by atoms with Gasteiger partial charge in [0, 0.05) is 23.1 Å². The maximum Gasteiger partial charge on any atom is 0.160 e. The zero-order chi connectivity index (χ0) is 15.1. The molecule has 3 aromatic rings. The number of nitrogens with one attached hydrogen (secondary N) is 2. The van der Waals surface area contributed by atoms with Crippen LogP contribution in [0.3, 0.4) is 0 Å². The molecule has 0 aliphatic carbocycles. The Labute approximate surface area is 128 Å². The molecule has 0 saturated heterocycles. The molecule has 2 aromatic carbocycles. The highest BCUT2D eigenvalue weighted by molar-refractivity contribution is 5.85. The highest BCUT2D eigenvalue weighted by Gasteiger charge is 2.25. The average Bonchev–Trinajstić information content (AvgIpc) is 2.94. The Kier molecular flexibility index (Phi) is 3.05. The predicted molar refractivity (Wildman–Crippen MR) is 86.5 cm³/mol. The number of methoxy groups -OCH3 is 1. The van der Waals surface area contributed by atoms with E-state index in [1.54, 1.807) is 13.2 Å². The monoisotopic (exact) mass is 294 g/mol. The molecular weight excluding hydrogens is 276 g/mol. The van der Waals surface area contributed by atoms with E-state index in [9.17, 15) is 5.11 Å². The highest BCUT2D eigenvalue weighted by Crippen LogP contribution is 2.36. The van der Waals surface area contributed by atoms with Crippen molar-refractivity contribution in [3.63, 3.8) is 0 Å². The maximum absolute atomic E-state index is 9.79. The first-order valence-corrected chi connectivity index (χ1v) is 7.47. The van der Waals surface area contributed by atoms with Crippen molar-refractivity contribution in [2.75, 3.05) is 13.7 Å². The molecular formula is C18H18N2O2. The van der Waals surface area contributed by atoms with Gasteiger partial charge >= 0.3 is 0 Å². The Morgan fingerprint density at radius 3 is 2.91 bits per heavy atom. The number of aromatic nitrogens is 1. The summed E-state index contributed by atoms with van der Waals surface area (Å²) in [6.07, 6.45) is 1.02. The Morgan fingerprint density at radius 1 is 1.18 bits per heavy atom. The summed E-state index contributed by atoms with van der Waals surface area (Å²) >= 11 is 0. The number of phenolic OH excluding ortho intramolecular Hbond substituents is 1. The lowest BCUT2D eigenvalue weighted by atomic mass is 9.94. The van der Waals surface area contributed by atoms with E-state index in [1.165, 1.54) is 22.2 Å². The minimum Gasteiger partial charge on any atom is -0.504 e. The van der Waals surface area contributed by atoms with E-state index in [-0.39, 0.29) is 11.8 Å². The van der Waals surface area contributed by atoms with Crippen LogP contribution in [0.4, 0.5) is 0 Å². The zero-order valence-corrected chi connectivity index (χ0v) is 12.4. The third kappa shape index (κ3) is 1.96. The van der Waals surface area contributed by atoms with E-state index in [4.69, 9.17) is 4.74 Å². The van der Waals surface area contributed by atoms with Crippen molar-refractivity contribution in [2.45, 2.75) is 12.5 Å². The fourth-order valence-electron chi connectivity index (χ4n) is 3.34. The third-order valence-corrected chi connectivity index (χ3v) is 4.40. The second-order valence-corrected chi connectivity index (χ2v) is 5.63. The Morgan fingerprint density at radius 2 is 2.05 bits per heavy atom. The number of aromatic hydroxyl groups is 1. The molecule has 1 aliphatic rings. The zero-order valence-electron chi connectivity index (χ0n) is 12.4. The second-order valence-electron chi connectivity index (χ2n) is 5.63. The molecule has 0 amide bonds. The summed E-state index contributed by atoms with van der Waals surface area (Å²) in [5, 5.41) is 14.6. The molecule has 112 valence electrons. The molecule has 0 unspecified atom stereocenters. The van der Waals surface area contributed by atoms with E-state index in [0.717, 1.165) is 18.5 Å². The van der Waals surface area contributed by atoms with Crippen LogP contribution >= 0.6 is 0 Å². The number of rotatable bonds is 2. The standard InChI is InChI=1S/C18H18N2O2/c1-22-16-10-11(6-7-15(16)21)17-18-13(8-9-19-17)12-4-2-3-5-14(12)20-18/h2-7,10,17,19-21H,8-9H2,1H3/t17-/m1/s1. The number of benzene rings is 2. The van der Waals surface area contributed by atoms with Gasteiger partial charge in [-0.05, 0) is 35.7 Å². The van der Waals surface area contributed by atoms with Crippen molar-refractivity contribution in [1.29, 1.82) is 0 Å². The first kappa shape index (κ1) is 13.2. The van der Waals surface area contributed by atoms with Crippen molar-refractivity contribution >= 4 is 10.9 Å². The van der Waals surface area contributed by atoms with Crippen LogP contribution in [0.1, 0.15) is 22.9 Å². The average molecular weight is 294 g/mol. The normalized spacial score (nSPS) is 17.4. The summed E-state index contributed by atoms with van der Waals surface area (Å²) in [6, 6.07) is 14.0. The number of aromatic amines is 1. The summed E-state index contributed by atoms with van der Waals surface area (Å²) in [6.45, 7) is 0.933. The topological polar surface area (TPSA) is 57.3 Å². The lowest BCUT2D eigenvalue weighted by molar-refractivity contribution is 0.372. The van der Waals surface area contributed by atoms with Crippen LogP contribution in [0, 0.1) is 0 Å². The molecule has 0 radical (unpaired) electrons. The summed E-state index contributed by atoms with van der Waals surface area (Å²) < 4.78 is 5.24. The minimum absolute atomic E-state index is 0.0886. The highest BCUT2D eigenvalue weighted by atomic mass is 16.5. The van der Waals surface area contributed by atoms with Crippen LogP contribution < -0.4 is 10.1 Å². The molecule has 4 rings (SSSR count). The molecule has 1 aliphatic heterocycles. The van der Waals surface area contributed by atoms with Gasteiger partial charge in [-0.2, -0.15) is 0 Å². The van der Waals surface area contributed by atoms with Crippen molar-refractivity contribution < 1.29 is 9.84 Å². The van der Waals surface area contributed by atoms with E-state index < -0.39 is 0 Å². The second kappa shape index (κ2) is 5.07. The predicted octanol–water partition coefficient (Wildman–Crippen LogP) is 3.12. The van der Waals surface area contributed by atoms with Gasteiger partial charge in [0.05, 0.1) is 13.2 Å². The number of H-pyrrole nitrogens is 1. The van der Waals surface area contributed by atoms with Crippen molar-refractivity contribution in [2.24, 2.45) is 0 Å². The van der Waals surface area contributed by atoms with Gasteiger partial charge < -0.3 is 20.1 Å². The molecule has 22 heavy (non-hydrogen) atoms. The van der Waals surface area contributed by atoms with E-state index in [0.29, 0.717) is 5.75 Å². The SMILES string of the molecule is COc1cc([C@H]2NCCc3c2[nH]c2ccccc32)ccc1O. The van der Waals surface area contributed by atoms with Gasteiger partial charge in [0.1, 0.15) is 0 Å². The first-order chi connectivity index (χ1) is 10.8. The molecule has 4 nitrogen and oxygen atoms in total. The quantitative estimate of drug-likeness (QED) is 0.680. The van der Waals surface area contributed by atoms with Crippen LogP contribution in [0.5, 0.6) is 11.5 Å². The molecule has 0 fully saturated rings. The van der Waals surface area contributed by atoms with Gasteiger partial charge in [-0.25, -0.2) is 0 Å². The fourth-order valence-corrected chi connectivity index (χ4v) is 3.34. The number of hydrogen-bond acceptors (Lipinski definition) is 3. The lowest BCUT2D eigenvalue weighted by Crippen LogP contribution is -2.30. The van der Waals surface area contributed by atoms with Crippen LogP contribution in [0.25, 0.3) is 10.9 Å². The minimum atomic E-state index is 0.0886. The van der Waals surface area contributed by atoms with Crippen molar-refractivity contribution in [3.8, 4) is 11.5 Å². The van der Waals surface area contributed by atoms with Crippen LogP contribution in [-0.2, 0) is 6.42 Å². The van der Waals surface area contributed by atoms with Crippen molar-refractivity contribution in [1.82, 2.24) is 10.3 Å². The van der Waals surface area contributed by atoms with Crippen molar-refractivity contribution in [3.05, 3.63) is 59.3 Å². The molecule has 0 saturated carbocycles. The summed E-state index contributed by atoms with van der Waals surface area (Å²) in [5.41, 5.74) is 4.85. The Hall–Kier alpha value is -2.46. The van der Waals surface area contributed by atoms with Crippen LogP contribution in [0.2, 0.25) is 0 Å². The van der Waals surface area contributed by atoms with Crippen LogP contribution in [-0.4, -0.2) is 23.7 Å². The van der Waals surface area contributed by atoms with Gasteiger partial charge in [-0.15, -0.1) is 0 Å². The number of fused-ring (bicyclic) bond motifs is 3. The lowest BCUT2D eigenvalue weighted by Gasteiger charge is -2.25. The van der Waals surface area contributed by atoms with E-state index >= 15 is 0 Å². The van der Waals surface area contributed by atoms with Gasteiger partial charge in [-0.3, -0.25) is 0 Å². The van der Waals surface area contributed by atoms with Gasteiger partial charge in [0.2, 0.25) is 0 Å². The summed E-state index contributed by atoms with van der Waals surface area (Å²) in [7, 11) is 1.57. The number of para-hydroxylation sites is 1. The molecule has 2 heterocycles. The van der Waals surface area contributed by atoms with Gasteiger partial charge in [0.25, 0.3) is 0 Å². The molecule has 1 aromatic heterocycles. The number of ether oxygens (including phenoxy) is 1.